The maximum Gasteiger partial charge on any atom is 0.321 e. The van der Waals surface area contributed by atoms with Gasteiger partial charge in [0.15, 0.2) is 11.2 Å². The second-order valence-electron chi connectivity index (χ2n) is 6.53. The topological polar surface area (TPSA) is 139 Å². The van der Waals surface area contributed by atoms with Crippen LogP contribution in [0.1, 0.15) is 25.3 Å². The van der Waals surface area contributed by atoms with Crippen LogP contribution in [0.4, 0.5) is 5.95 Å². The van der Waals surface area contributed by atoms with Crippen LogP contribution < -0.4 is 11.3 Å². The summed E-state index contributed by atoms with van der Waals surface area (Å²) in [5, 5.41) is 0. The molecule has 2 aliphatic rings. The van der Waals surface area contributed by atoms with Gasteiger partial charge in [-0.15, -0.1) is 0 Å². The van der Waals surface area contributed by atoms with Crippen molar-refractivity contribution < 1.29 is 14.3 Å². The molecule has 4 rings (SSSR count). The van der Waals surface area contributed by atoms with E-state index in [0.717, 1.165) is 19.3 Å². The van der Waals surface area contributed by atoms with Gasteiger partial charge in [0.2, 0.25) is 5.95 Å². The van der Waals surface area contributed by atoms with Crippen LogP contribution in [0.3, 0.4) is 0 Å². The fourth-order valence-corrected chi connectivity index (χ4v) is 4.53. The van der Waals surface area contributed by atoms with Gasteiger partial charge in [-0.25, -0.2) is 4.98 Å². The number of imidazole rings is 1. The molecule has 4 atom stereocenters. The largest absolute Gasteiger partial charge is 0.369 e. The summed E-state index contributed by atoms with van der Waals surface area (Å²) in [6, 6.07) is 0.219. The average Bonchev–Trinajstić information content (AvgIpc) is 3.18. The van der Waals surface area contributed by atoms with Crippen molar-refractivity contribution >= 4 is 35.6 Å². The molecule has 2 heterocycles. The summed E-state index contributed by atoms with van der Waals surface area (Å²) < 4.78 is 6.99. The zero-order chi connectivity index (χ0) is 17.1. The highest BCUT2D eigenvalue weighted by atomic mass is 32.5. The van der Waals surface area contributed by atoms with Crippen molar-refractivity contribution in [1.29, 1.82) is 0 Å². The van der Waals surface area contributed by atoms with Crippen molar-refractivity contribution in [2.75, 3.05) is 12.3 Å². The Morgan fingerprint density at radius 1 is 1.46 bits per heavy atom. The first-order valence-electron chi connectivity index (χ1n) is 7.76. The number of aromatic amines is 1. The predicted octanol–water partition coefficient (Wildman–Crippen LogP) is 0.515. The number of nitrogens with two attached hydrogens (primary N) is 1. The summed E-state index contributed by atoms with van der Waals surface area (Å²) >= 11 is 4.51. The van der Waals surface area contributed by atoms with E-state index >= 15 is 0 Å². The third-order valence-electron chi connectivity index (χ3n) is 5.09. The van der Waals surface area contributed by atoms with Crippen molar-refractivity contribution in [1.82, 2.24) is 19.5 Å². The predicted molar refractivity (Wildman–Crippen MR) is 90.6 cm³/mol. The minimum atomic E-state index is -3.59. The lowest BCUT2D eigenvalue weighted by Gasteiger charge is -2.29. The van der Waals surface area contributed by atoms with Crippen LogP contribution >= 0.6 is 6.72 Å². The molecule has 5 N–H and O–H groups in total. The highest BCUT2D eigenvalue weighted by Gasteiger charge is 2.51. The molecular formula is C13H18N5O4PS. The van der Waals surface area contributed by atoms with Gasteiger partial charge in [0.25, 0.3) is 5.56 Å². The molecule has 11 heteroatoms. The Morgan fingerprint density at radius 3 is 3.00 bits per heavy atom. The van der Waals surface area contributed by atoms with Gasteiger partial charge < -0.3 is 24.6 Å². The van der Waals surface area contributed by atoms with E-state index in [4.69, 9.17) is 10.3 Å². The van der Waals surface area contributed by atoms with E-state index in [9.17, 15) is 14.6 Å². The summed E-state index contributed by atoms with van der Waals surface area (Å²) in [7, 11) is 0. The monoisotopic (exact) mass is 371 g/mol. The Balaban J connectivity index is 1.55. The fourth-order valence-electron chi connectivity index (χ4n) is 3.96. The molecule has 0 radical (unpaired) electrons. The maximum absolute atomic E-state index is 11.9. The molecule has 0 aromatic carbocycles. The van der Waals surface area contributed by atoms with E-state index in [1.165, 1.54) is 0 Å². The number of aromatic nitrogens is 4. The van der Waals surface area contributed by atoms with E-state index in [-0.39, 0.29) is 30.1 Å². The Labute approximate surface area is 142 Å². The molecule has 24 heavy (non-hydrogen) atoms. The normalized spacial score (nSPS) is 29.6. The lowest BCUT2D eigenvalue weighted by atomic mass is 9.86. The molecule has 0 bridgehead atoms. The first kappa shape index (κ1) is 16.2. The number of nitrogens with zero attached hydrogens (tertiary/aromatic N) is 3. The molecule has 2 saturated carbocycles. The first-order valence-corrected chi connectivity index (χ1v) is 10.4. The number of hydrogen-bond donors (Lipinski definition) is 4. The summed E-state index contributed by atoms with van der Waals surface area (Å²) in [5.41, 5.74) is 6.14. The lowest BCUT2D eigenvalue weighted by molar-refractivity contribution is 0.156. The van der Waals surface area contributed by atoms with Crippen molar-refractivity contribution in [3.8, 4) is 0 Å². The second kappa shape index (κ2) is 5.60. The van der Waals surface area contributed by atoms with Gasteiger partial charge in [-0.3, -0.25) is 9.78 Å². The van der Waals surface area contributed by atoms with Crippen LogP contribution in [-0.4, -0.2) is 35.9 Å². The molecule has 0 spiro atoms. The quantitative estimate of drug-likeness (QED) is 0.570. The van der Waals surface area contributed by atoms with E-state index in [1.54, 1.807) is 6.33 Å². The van der Waals surface area contributed by atoms with Crippen molar-refractivity contribution in [3.63, 3.8) is 0 Å². The minimum Gasteiger partial charge on any atom is -0.369 e. The zero-order valence-electron chi connectivity index (χ0n) is 12.7. The van der Waals surface area contributed by atoms with E-state index in [1.807, 2.05) is 4.57 Å². The van der Waals surface area contributed by atoms with E-state index in [2.05, 4.69) is 26.8 Å². The number of H-pyrrole nitrogens is 1. The third kappa shape index (κ3) is 2.89. The Morgan fingerprint density at radius 2 is 2.25 bits per heavy atom. The molecule has 0 amide bonds. The van der Waals surface area contributed by atoms with Gasteiger partial charge in [-0.05, 0) is 48.8 Å². The SMILES string of the molecule is Nc1nc2c(ncn2[C@H]2CC[C@@H](COP(O)(O)=S)C3C[C@H]32)c(=O)[nH]1. The zero-order valence-corrected chi connectivity index (χ0v) is 14.4. The molecule has 2 fully saturated rings. The van der Waals surface area contributed by atoms with E-state index in [0.29, 0.717) is 23.0 Å². The Kier molecular flexibility index (Phi) is 3.77. The van der Waals surface area contributed by atoms with Gasteiger partial charge >= 0.3 is 6.72 Å². The first-order chi connectivity index (χ1) is 11.3. The smallest absolute Gasteiger partial charge is 0.321 e. The van der Waals surface area contributed by atoms with Gasteiger partial charge in [0, 0.05) is 6.04 Å². The Hall–Kier alpha value is -1.32. The molecule has 2 aromatic heterocycles. The maximum atomic E-state index is 11.9. The number of fused-ring (bicyclic) bond motifs is 2. The molecule has 1 unspecified atom stereocenters. The second-order valence-corrected chi connectivity index (χ2v) is 9.20. The van der Waals surface area contributed by atoms with Gasteiger partial charge in [0.05, 0.1) is 12.9 Å². The highest BCUT2D eigenvalue weighted by Crippen LogP contribution is 2.58. The van der Waals surface area contributed by atoms with E-state index < -0.39 is 6.72 Å². The molecule has 0 aliphatic heterocycles. The summed E-state index contributed by atoms with van der Waals surface area (Å²) in [5.74, 6) is 1.27. The van der Waals surface area contributed by atoms with Gasteiger partial charge in [0.1, 0.15) is 0 Å². The molecule has 2 aromatic rings. The van der Waals surface area contributed by atoms with Crippen molar-refractivity contribution in [2.45, 2.75) is 25.3 Å². The summed E-state index contributed by atoms with van der Waals surface area (Å²) in [6.45, 7) is -3.31. The number of nitrogen functional groups attached to an aromatic ring is 1. The van der Waals surface area contributed by atoms with Crippen LogP contribution in [-0.2, 0) is 16.3 Å². The van der Waals surface area contributed by atoms with Gasteiger partial charge in [-0.1, -0.05) is 0 Å². The number of anilines is 1. The van der Waals surface area contributed by atoms with Crippen molar-refractivity contribution in [3.05, 3.63) is 16.7 Å². The van der Waals surface area contributed by atoms with Crippen LogP contribution in [0.5, 0.6) is 0 Å². The average molecular weight is 371 g/mol. The standard InChI is InChI=1S/C13H18N5O4PS/c14-13-16-11-10(12(19)17-13)15-5-18(11)9-2-1-6(7-3-8(7)9)4-22-23(20,21)24/h5-9H,1-4H2,(H2,20,21,24)(H3,14,16,17,19)/t6-,7?,8+,9-/m0/s1. The minimum absolute atomic E-state index is 0.0836. The number of nitrogens with one attached hydrogen (secondary N) is 1. The third-order valence-corrected chi connectivity index (χ3v) is 5.89. The van der Waals surface area contributed by atoms with Crippen LogP contribution in [0.15, 0.2) is 11.1 Å². The number of hydrogen-bond acceptors (Lipinski definition) is 6. The number of rotatable bonds is 4. The van der Waals surface area contributed by atoms with Gasteiger partial charge in [-0.2, -0.15) is 4.98 Å². The molecular weight excluding hydrogens is 353 g/mol. The highest BCUT2D eigenvalue weighted by molar-refractivity contribution is 8.06. The van der Waals surface area contributed by atoms with Crippen LogP contribution in [0.25, 0.3) is 11.2 Å². The van der Waals surface area contributed by atoms with Crippen LogP contribution in [0, 0.1) is 17.8 Å². The molecule has 0 saturated heterocycles. The summed E-state index contributed by atoms with van der Waals surface area (Å²) in [6.07, 6.45) is 4.47. The van der Waals surface area contributed by atoms with Crippen LogP contribution in [0.2, 0.25) is 0 Å². The summed E-state index contributed by atoms with van der Waals surface area (Å²) in [4.78, 5) is 41.2. The lowest BCUT2D eigenvalue weighted by Crippen LogP contribution is -2.24. The molecule has 9 nitrogen and oxygen atoms in total. The fraction of sp³-hybridized carbons (Fsp3) is 0.615. The molecule has 2 aliphatic carbocycles. The molecule has 130 valence electrons. The van der Waals surface area contributed by atoms with Crippen molar-refractivity contribution in [2.24, 2.45) is 17.8 Å². The Bertz CT molecular complexity index is 892.